The summed E-state index contributed by atoms with van der Waals surface area (Å²) >= 11 is 0. The van der Waals surface area contributed by atoms with Crippen LogP contribution in [0.4, 0.5) is 0 Å². The molecule has 3 heteroatoms. The molecule has 2 aliphatic rings. The molecular weight excluding hydrogens is 259 g/mol. The van der Waals surface area contributed by atoms with E-state index in [1.165, 1.54) is 51.3 Å². The van der Waals surface area contributed by atoms with Gasteiger partial charge in [0.25, 0.3) is 0 Å². The molecule has 0 unspecified atom stereocenters. The Labute approximate surface area is 128 Å². The first-order valence-corrected chi connectivity index (χ1v) is 12.0. The van der Waals surface area contributed by atoms with Gasteiger partial charge in [0, 0.05) is 22.0 Å². The van der Waals surface area contributed by atoms with Gasteiger partial charge in [-0.25, -0.2) is 0 Å². The highest BCUT2D eigenvalue weighted by atomic mass is 28.3. The molecule has 2 fully saturated rings. The van der Waals surface area contributed by atoms with Gasteiger partial charge in [-0.15, -0.1) is 0 Å². The van der Waals surface area contributed by atoms with E-state index in [2.05, 4.69) is 26.9 Å². The van der Waals surface area contributed by atoms with E-state index in [0.29, 0.717) is 5.04 Å². The predicted molar refractivity (Wildman–Crippen MR) is 94.1 cm³/mol. The normalized spacial score (nSPS) is 27.1. The van der Waals surface area contributed by atoms with E-state index < -0.39 is 8.80 Å². The third kappa shape index (κ3) is 4.37. The molecule has 0 aliphatic carbocycles. The Kier molecular flexibility index (Phi) is 6.22. The van der Waals surface area contributed by atoms with Crippen LogP contribution in [0.5, 0.6) is 0 Å². The van der Waals surface area contributed by atoms with Crippen LogP contribution in [-0.2, 0) is 4.74 Å². The third-order valence-electron chi connectivity index (χ3n) is 6.37. The fourth-order valence-electron chi connectivity index (χ4n) is 4.21. The van der Waals surface area contributed by atoms with Crippen LogP contribution in [0, 0.1) is 0 Å². The number of rotatable bonds is 7. The molecule has 2 heterocycles. The van der Waals surface area contributed by atoms with Crippen molar-refractivity contribution in [3.8, 4) is 0 Å². The number of hydrogen-bond acceptors (Lipinski definition) is 1. The second-order valence-corrected chi connectivity index (χ2v) is 12.3. The third-order valence-corrected chi connectivity index (χ3v) is 9.67. The summed E-state index contributed by atoms with van der Waals surface area (Å²) in [6, 6.07) is 0. The number of hydrogen-bond donors (Lipinski definition) is 0. The maximum Gasteiger partial charge on any atom is 0.146 e. The molecule has 0 spiro atoms. The standard InChI is InChI=1S/C17H35BOSi/c1-17(2,20(3)4)14-19-13-7-12-18-15-8-5-9-16(18)11-6-10-15/h15-16,20H,5-14H2,1-4H3. The van der Waals surface area contributed by atoms with Crippen LogP contribution in [-0.4, -0.2) is 28.7 Å². The Balaban J connectivity index is 1.64. The summed E-state index contributed by atoms with van der Waals surface area (Å²) in [6.45, 7) is 12.7. The average molecular weight is 294 g/mol. The van der Waals surface area contributed by atoms with Gasteiger partial charge in [-0.05, 0) is 11.5 Å². The molecule has 0 N–H and O–H groups in total. The van der Waals surface area contributed by atoms with Crippen molar-refractivity contribution in [1.29, 1.82) is 0 Å². The molecule has 0 saturated carbocycles. The van der Waals surface area contributed by atoms with E-state index in [9.17, 15) is 0 Å². The van der Waals surface area contributed by atoms with Crippen molar-refractivity contribution >= 4 is 15.5 Å². The maximum atomic E-state index is 6.01. The van der Waals surface area contributed by atoms with Crippen LogP contribution in [0.2, 0.25) is 36.1 Å². The molecule has 116 valence electrons. The summed E-state index contributed by atoms with van der Waals surface area (Å²) in [7, 11) is -0.600. The van der Waals surface area contributed by atoms with Crippen LogP contribution in [0.15, 0.2) is 0 Å². The SMILES string of the molecule is C[SiH](C)C(C)(C)COCCCB1C2CCCC1CCC2. The number of fused-ring (bicyclic) bond motifs is 2. The molecule has 0 radical (unpaired) electrons. The van der Waals surface area contributed by atoms with Gasteiger partial charge in [-0.1, -0.05) is 83.4 Å². The summed E-state index contributed by atoms with van der Waals surface area (Å²) in [4.78, 5) is 0. The van der Waals surface area contributed by atoms with E-state index >= 15 is 0 Å². The van der Waals surface area contributed by atoms with Crippen LogP contribution in [0.1, 0.15) is 58.8 Å². The Morgan fingerprint density at radius 1 is 1.05 bits per heavy atom. The summed E-state index contributed by atoms with van der Waals surface area (Å²) in [6.07, 6.45) is 11.8. The highest BCUT2D eigenvalue weighted by Gasteiger charge is 2.38. The summed E-state index contributed by atoms with van der Waals surface area (Å²) < 4.78 is 6.01. The fraction of sp³-hybridized carbons (Fsp3) is 1.00. The Morgan fingerprint density at radius 3 is 2.10 bits per heavy atom. The molecule has 20 heavy (non-hydrogen) atoms. The van der Waals surface area contributed by atoms with Gasteiger partial charge in [0.15, 0.2) is 0 Å². The minimum absolute atomic E-state index is 0.460. The van der Waals surface area contributed by atoms with Gasteiger partial charge in [0.05, 0.1) is 0 Å². The van der Waals surface area contributed by atoms with Crippen molar-refractivity contribution in [3.63, 3.8) is 0 Å². The van der Waals surface area contributed by atoms with Gasteiger partial charge in [0.1, 0.15) is 6.71 Å². The smallest absolute Gasteiger partial charge is 0.146 e. The molecule has 0 aromatic heterocycles. The van der Waals surface area contributed by atoms with Crippen LogP contribution in [0.25, 0.3) is 0 Å². The Hall–Kier alpha value is 0.242. The van der Waals surface area contributed by atoms with Crippen molar-refractivity contribution in [2.75, 3.05) is 13.2 Å². The molecule has 2 rings (SSSR count). The zero-order chi connectivity index (χ0) is 14.6. The Morgan fingerprint density at radius 2 is 1.60 bits per heavy atom. The van der Waals surface area contributed by atoms with Gasteiger partial charge in [-0.3, -0.25) is 0 Å². The van der Waals surface area contributed by atoms with Crippen molar-refractivity contribution in [3.05, 3.63) is 0 Å². The van der Waals surface area contributed by atoms with E-state index in [1.54, 1.807) is 0 Å². The highest BCUT2D eigenvalue weighted by molar-refractivity contribution is 6.62. The van der Waals surface area contributed by atoms with Crippen LogP contribution in [0.3, 0.4) is 0 Å². The lowest BCUT2D eigenvalue weighted by molar-refractivity contribution is 0.114. The van der Waals surface area contributed by atoms with E-state index in [1.807, 2.05) is 0 Å². The topological polar surface area (TPSA) is 9.23 Å². The first-order valence-electron chi connectivity index (χ1n) is 9.08. The van der Waals surface area contributed by atoms with E-state index in [4.69, 9.17) is 4.74 Å². The molecular formula is C17H35BOSi. The van der Waals surface area contributed by atoms with E-state index in [0.717, 1.165) is 31.6 Å². The first-order chi connectivity index (χ1) is 9.50. The van der Waals surface area contributed by atoms with Crippen molar-refractivity contribution in [2.24, 2.45) is 0 Å². The monoisotopic (exact) mass is 294 g/mol. The average Bonchev–Trinajstić information content (AvgIpc) is 2.37. The molecule has 2 saturated heterocycles. The van der Waals surface area contributed by atoms with Crippen molar-refractivity contribution in [2.45, 2.75) is 94.9 Å². The summed E-state index contributed by atoms with van der Waals surface area (Å²) in [5.74, 6) is 2.14. The lowest BCUT2D eigenvalue weighted by Crippen LogP contribution is -2.34. The fourth-order valence-corrected chi connectivity index (χ4v) is 4.66. The summed E-state index contributed by atoms with van der Waals surface area (Å²) in [5.41, 5.74) is 0. The first kappa shape index (κ1) is 16.6. The molecule has 0 atom stereocenters. The second-order valence-electron chi connectivity index (χ2n) is 8.38. The van der Waals surface area contributed by atoms with Gasteiger partial charge < -0.3 is 4.74 Å². The molecule has 2 aliphatic heterocycles. The van der Waals surface area contributed by atoms with Gasteiger partial charge in [-0.2, -0.15) is 0 Å². The molecule has 0 amide bonds. The molecule has 2 bridgehead atoms. The second kappa shape index (κ2) is 7.49. The largest absolute Gasteiger partial charge is 0.381 e. The quantitative estimate of drug-likeness (QED) is 0.459. The van der Waals surface area contributed by atoms with E-state index in [-0.39, 0.29) is 0 Å². The van der Waals surface area contributed by atoms with Crippen molar-refractivity contribution < 1.29 is 4.74 Å². The predicted octanol–water partition coefficient (Wildman–Crippen LogP) is 5.26. The van der Waals surface area contributed by atoms with Crippen LogP contribution >= 0.6 is 0 Å². The molecule has 0 aromatic rings. The van der Waals surface area contributed by atoms with Gasteiger partial charge in [0.2, 0.25) is 0 Å². The minimum Gasteiger partial charge on any atom is -0.381 e. The highest BCUT2D eigenvalue weighted by Crippen LogP contribution is 2.47. The zero-order valence-electron chi connectivity index (χ0n) is 14.3. The van der Waals surface area contributed by atoms with Crippen LogP contribution < -0.4 is 0 Å². The summed E-state index contributed by atoms with van der Waals surface area (Å²) in [5, 5.41) is 0.460. The Bertz CT molecular complexity index is 271. The van der Waals surface area contributed by atoms with Gasteiger partial charge >= 0.3 is 0 Å². The molecule has 0 aromatic carbocycles. The lowest BCUT2D eigenvalue weighted by Gasteiger charge is -2.40. The molecule has 1 nitrogen and oxygen atoms in total. The van der Waals surface area contributed by atoms with Crippen molar-refractivity contribution in [1.82, 2.24) is 0 Å². The number of ether oxygens (including phenoxy) is 1. The maximum absolute atomic E-state index is 6.01. The lowest BCUT2D eigenvalue weighted by atomic mass is 9.26. The minimum atomic E-state index is -0.600. The zero-order valence-corrected chi connectivity index (χ0v) is 15.4.